The van der Waals surface area contributed by atoms with E-state index in [0.29, 0.717) is 6.61 Å². The molecular formula is C20H48O3Si3. The van der Waals surface area contributed by atoms with E-state index in [2.05, 4.69) is 62.3 Å². The predicted molar refractivity (Wildman–Crippen MR) is 124 cm³/mol. The molecule has 0 atom stereocenters. The van der Waals surface area contributed by atoms with E-state index in [1.165, 1.54) is 18.1 Å². The highest BCUT2D eigenvalue weighted by Crippen LogP contribution is 2.30. The topological polar surface area (TPSA) is 27.7 Å². The Kier molecular flexibility index (Phi) is 13.1. The van der Waals surface area contributed by atoms with Crippen LogP contribution in [0.5, 0.6) is 0 Å². The van der Waals surface area contributed by atoms with Crippen LogP contribution in [0.3, 0.4) is 0 Å². The molecule has 0 aromatic rings. The van der Waals surface area contributed by atoms with E-state index < -0.39 is 25.0 Å². The monoisotopic (exact) mass is 420 g/mol. The Morgan fingerprint density at radius 1 is 0.462 bits per heavy atom. The highest BCUT2D eigenvalue weighted by atomic mass is 28.4. The molecule has 6 heteroatoms. The highest BCUT2D eigenvalue weighted by molar-refractivity contribution is 6.75. The lowest BCUT2D eigenvalue weighted by Gasteiger charge is -2.40. The van der Waals surface area contributed by atoms with Crippen LogP contribution in [0.2, 0.25) is 54.4 Å². The van der Waals surface area contributed by atoms with E-state index in [-0.39, 0.29) is 6.29 Å². The second-order valence-electron chi connectivity index (χ2n) is 7.71. The van der Waals surface area contributed by atoms with Gasteiger partial charge in [0, 0.05) is 0 Å². The molecule has 0 aliphatic rings. The van der Waals surface area contributed by atoms with Crippen LogP contribution in [-0.2, 0) is 13.3 Å². The average Bonchev–Trinajstić information content (AvgIpc) is 2.71. The molecule has 26 heavy (non-hydrogen) atoms. The van der Waals surface area contributed by atoms with Crippen LogP contribution in [0.15, 0.2) is 0 Å². The minimum atomic E-state index is -1.71. The Hall–Kier alpha value is 0.531. The minimum absolute atomic E-state index is 0.149. The first-order chi connectivity index (χ1) is 12.3. The van der Waals surface area contributed by atoms with E-state index in [0.717, 1.165) is 36.3 Å². The van der Waals surface area contributed by atoms with Gasteiger partial charge in [0.2, 0.25) is 0 Å². The SMILES string of the molecule is CC[Si](CC)(CC)OCC(O[Si](CC)(CC)CC)O[Si](CC)(CC)CC. The zero-order chi connectivity index (χ0) is 20.3. The normalized spacial score (nSPS) is 13.6. The molecule has 3 nitrogen and oxygen atoms in total. The molecule has 0 spiro atoms. The standard InChI is InChI=1S/C20H48O3Si3/c1-10-24(11-2,12-3)21-19-20(22-25(13-4,14-5)15-6)23-26(16-7,17-8)18-9/h20H,10-19H2,1-9H3. The van der Waals surface area contributed by atoms with Crippen LogP contribution in [0.1, 0.15) is 62.3 Å². The van der Waals surface area contributed by atoms with Gasteiger partial charge in [-0.2, -0.15) is 0 Å². The maximum absolute atomic E-state index is 6.82. The quantitative estimate of drug-likeness (QED) is 0.192. The number of hydrogen-bond donors (Lipinski definition) is 0. The van der Waals surface area contributed by atoms with E-state index in [1.807, 2.05) is 0 Å². The first kappa shape index (κ1) is 26.5. The summed E-state index contributed by atoms with van der Waals surface area (Å²) in [5.74, 6) is 0. The first-order valence-corrected chi connectivity index (χ1v) is 18.9. The highest BCUT2D eigenvalue weighted by Gasteiger charge is 2.39. The summed E-state index contributed by atoms with van der Waals surface area (Å²) in [6.45, 7) is 21.3. The van der Waals surface area contributed by atoms with Gasteiger partial charge in [-0.1, -0.05) is 62.3 Å². The zero-order valence-electron chi connectivity index (χ0n) is 19.4. The summed E-state index contributed by atoms with van der Waals surface area (Å²) < 4.78 is 20.3. The van der Waals surface area contributed by atoms with Gasteiger partial charge in [0.25, 0.3) is 0 Å². The molecule has 0 aliphatic carbocycles. The molecule has 0 aromatic heterocycles. The van der Waals surface area contributed by atoms with Crippen LogP contribution in [0, 0.1) is 0 Å². The summed E-state index contributed by atoms with van der Waals surface area (Å²) >= 11 is 0. The van der Waals surface area contributed by atoms with Crippen molar-refractivity contribution in [2.24, 2.45) is 0 Å². The lowest BCUT2D eigenvalue weighted by atomic mass is 10.7. The molecule has 0 aromatic carbocycles. The third kappa shape index (κ3) is 7.17. The third-order valence-corrected chi connectivity index (χ3v) is 21.0. The summed E-state index contributed by atoms with van der Waals surface area (Å²) in [6.07, 6.45) is -0.149. The smallest absolute Gasteiger partial charge is 0.195 e. The van der Waals surface area contributed by atoms with E-state index >= 15 is 0 Å². The zero-order valence-corrected chi connectivity index (χ0v) is 22.4. The molecule has 0 saturated heterocycles. The van der Waals surface area contributed by atoms with Gasteiger partial charge >= 0.3 is 0 Å². The van der Waals surface area contributed by atoms with Crippen molar-refractivity contribution in [2.45, 2.75) is 123 Å². The summed E-state index contributed by atoms with van der Waals surface area (Å²) in [5.41, 5.74) is 0. The van der Waals surface area contributed by atoms with Gasteiger partial charge in [0.05, 0.1) is 6.61 Å². The first-order valence-electron chi connectivity index (χ1n) is 11.3. The molecular weight excluding hydrogens is 372 g/mol. The fourth-order valence-corrected chi connectivity index (χ4v) is 12.0. The van der Waals surface area contributed by atoms with E-state index in [4.69, 9.17) is 13.3 Å². The van der Waals surface area contributed by atoms with Gasteiger partial charge in [0.15, 0.2) is 31.2 Å². The second-order valence-corrected chi connectivity index (χ2v) is 21.9. The van der Waals surface area contributed by atoms with Gasteiger partial charge in [-0.15, -0.1) is 0 Å². The summed E-state index contributed by atoms with van der Waals surface area (Å²) in [5, 5.41) is 0. The lowest BCUT2D eigenvalue weighted by molar-refractivity contribution is -0.0471. The van der Waals surface area contributed by atoms with Crippen LogP contribution in [-0.4, -0.2) is 37.8 Å². The minimum Gasteiger partial charge on any atom is -0.412 e. The third-order valence-electron chi connectivity index (χ3n) is 7.09. The molecule has 158 valence electrons. The summed E-state index contributed by atoms with van der Waals surface area (Å²) in [6, 6.07) is 10.5. The molecule has 0 aliphatic heterocycles. The lowest BCUT2D eigenvalue weighted by Crippen LogP contribution is -2.50. The summed E-state index contributed by atoms with van der Waals surface area (Å²) in [4.78, 5) is 0. The van der Waals surface area contributed by atoms with Crippen LogP contribution >= 0.6 is 0 Å². The van der Waals surface area contributed by atoms with Gasteiger partial charge in [-0.25, -0.2) is 0 Å². The molecule has 0 heterocycles. The van der Waals surface area contributed by atoms with E-state index in [9.17, 15) is 0 Å². The molecule has 0 bridgehead atoms. The van der Waals surface area contributed by atoms with Crippen LogP contribution in [0.4, 0.5) is 0 Å². The molecule has 0 fully saturated rings. The molecule has 0 N–H and O–H groups in total. The Labute approximate surface area is 168 Å². The number of rotatable bonds is 16. The van der Waals surface area contributed by atoms with Gasteiger partial charge in [-0.05, 0) is 54.4 Å². The van der Waals surface area contributed by atoms with Crippen molar-refractivity contribution in [1.29, 1.82) is 0 Å². The molecule has 0 saturated carbocycles. The Balaban J connectivity index is 5.46. The molecule has 0 unspecified atom stereocenters. The van der Waals surface area contributed by atoms with Gasteiger partial charge in [0.1, 0.15) is 0 Å². The average molecular weight is 421 g/mol. The summed E-state index contributed by atoms with van der Waals surface area (Å²) in [7, 11) is -5.05. The second kappa shape index (κ2) is 12.9. The molecule has 0 amide bonds. The maximum Gasteiger partial charge on any atom is 0.195 e. The van der Waals surface area contributed by atoms with Crippen molar-refractivity contribution in [3.63, 3.8) is 0 Å². The molecule has 0 rings (SSSR count). The van der Waals surface area contributed by atoms with Crippen molar-refractivity contribution in [1.82, 2.24) is 0 Å². The largest absolute Gasteiger partial charge is 0.412 e. The van der Waals surface area contributed by atoms with Crippen molar-refractivity contribution in [3.8, 4) is 0 Å². The van der Waals surface area contributed by atoms with Crippen LogP contribution in [0.25, 0.3) is 0 Å². The Bertz CT molecular complexity index is 307. The Morgan fingerprint density at radius 3 is 0.962 bits per heavy atom. The van der Waals surface area contributed by atoms with Crippen molar-refractivity contribution >= 4 is 25.0 Å². The van der Waals surface area contributed by atoms with Crippen molar-refractivity contribution < 1.29 is 13.3 Å². The van der Waals surface area contributed by atoms with Crippen LogP contribution < -0.4 is 0 Å². The Morgan fingerprint density at radius 2 is 0.731 bits per heavy atom. The number of hydrogen-bond acceptors (Lipinski definition) is 3. The predicted octanol–water partition coefficient (Wildman–Crippen LogP) is 7.38. The van der Waals surface area contributed by atoms with Crippen molar-refractivity contribution in [3.05, 3.63) is 0 Å². The van der Waals surface area contributed by atoms with Gasteiger partial charge < -0.3 is 13.3 Å². The van der Waals surface area contributed by atoms with Gasteiger partial charge in [-0.3, -0.25) is 0 Å². The van der Waals surface area contributed by atoms with Crippen molar-refractivity contribution in [2.75, 3.05) is 6.61 Å². The molecule has 0 radical (unpaired) electrons. The van der Waals surface area contributed by atoms with E-state index in [1.54, 1.807) is 0 Å². The fourth-order valence-electron chi connectivity index (χ4n) is 3.95. The maximum atomic E-state index is 6.82. The fraction of sp³-hybridized carbons (Fsp3) is 1.00.